The van der Waals surface area contributed by atoms with Crippen LogP contribution in [0.2, 0.25) is 0 Å². The number of thiazole rings is 1. The van der Waals surface area contributed by atoms with Crippen molar-refractivity contribution in [1.29, 1.82) is 0 Å². The maximum atomic E-state index is 10.5. The highest BCUT2D eigenvalue weighted by molar-refractivity contribution is 7.15. The summed E-state index contributed by atoms with van der Waals surface area (Å²) in [6, 6.07) is 0. The Morgan fingerprint density at radius 3 is 2.60 bits per heavy atom. The smallest absolute Gasteiger partial charge is 0.268 e. The van der Waals surface area contributed by atoms with Crippen LogP contribution in [0, 0.1) is 6.92 Å². The molecule has 0 aromatic carbocycles. The van der Waals surface area contributed by atoms with Gasteiger partial charge < -0.3 is 5.73 Å². The van der Waals surface area contributed by atoms with Crippen LogP contribution < -0.4 is 11.5 Å². The summed E-state index contributed by atoms with van der Waals surface area (Å²) in [7, 11) is 0. The maximum Gasteiger partial charge on any atom is 0.268 e. The first-order valence-corrected chi connectivity index (χ1v) is 3.41. The fourth-order valence-electron chi connectivity index (χ4n) is 0.625. The summed E-state index contributed by atoms with van der Waals surface area (Å²) in [5.41, 5.74) is 12.2. The molecular weight excluding hydrogens is 150 g/mol. The predicted octanol–water partition coefficient (Wildman–Crippen LogP) is 0.465. The molecule has 0 aliphatic heterocycles. The number of hydrogen-bond donors (Lipinski definition) is 1. The lowest BCUT2D eigenvalue weighted by Gasteiger charge is -1.85. The van der Waals surface area contributed by atoms with Gasteiger partial charge in [-0.25, -0.2) is 4.98 Å². The minimum atomic E-state index is -0.563. The maximum absolute atomic E-state index is 10.5. The lowest BCUT2D eigenvalue weighted by molar-refractivity contribution is 0.0995. The van der Waals surface area contributed by atoms with Gasteiger partial charge in [0.2, 0.25) is 5.13 Å². The van der Waals surface area contributed by atoms with Crippen molar-refractivity contribution >= 4 is 22.4 Å². The minimum absolute atomic E-state index is 0.131. The second-order valence-corrected chi connectivity index (χ2v) is 2.99. The number of carbonyl (C=O) groups excluding carboxylic acids is 1. The molecule has 3 N–H and O–H groups in total. The lowest BCUT2D eigenvalue weighted by atomic mass is 10.4. The first kappa shape index (κ1) is 7.01. The molecule has 1 radical (unpaired) electrons. The van der Waals surface area contributed by atoms with Crippen LogP contribution >= 0.6 is 11.3 Å². The Kier molecular flexibility index (Phi) is 1.58. The van der Waals surface area contributed by atoms with Gasteiger partial charge in [-0.2, -0.15) is 0 Å². The van der Waals surface area contributed by atoms with Gasteiger partial charge in [0.25, 0.3) is 5.91 Å². The van der Waals surface area contributed by atoms with E-state index < -0.39 is 5.91 Å². The highest BCUT2D eigenvalue weighted by Gasteiger charge is 2.09. The molecule has 0 aliphatic carbocycles. The summed E-state index contributed by atoms with van der Waals surface area (Å²) in [6.07, 6.45) is 0. The van der Waals surface area contributed by atoms with Crippen LogP contribution in [0.4, 0.5) is 5.13 Å². The van der Waals surface area contributed by atoms with Crippen molar-refractivity contribution in [3.63, 3.8) is 0 Å². The third-order valence-corrected chi connectivity index (χ3v) is 1.81. The Hall–Kier alpha value is -1.10. The van der Waals surface area contributed by atoms with Crippen molar-refractivity contribution in [3.8, 4) is 0 Å². The highest BCUT2D eigenvalue weighted by Crippen LogP contribution is 2.19. The van der Waals surface area contributed by atoms with Crippen LogP contribution in [0.15, 0.2) is 0 Å². The fraction of sp³-hybridized carbons (Fsp3) is 0.200. The number of aromatic nitrogens is 1. The van der Waals surface area contributed by atoms with Crippen molar-refractivity contribution in [3.05, 3.63) is 10.6 Å². The number of carbonyl (C=O) groups is 1. The zero-order valence-electron chi connectivity index (χ0n) is 5.34. The van der Waals surface area contributed by atoms with E-state index >= 15 is 0 Å². The van der Waals surface area contributed by atoms with Crippen molar-refractivity contribution in [2.24, 2.45) is 5.73 Å². The monoisotopic (exact) mass is 156 g/mol. The Balaban J connectivity index is 3.15. The lowest BCUT2D eigenvalue weighted by Crippen LogP contribution is -2.12. The molecule has 10 heavy (non-hydrogen) atoms. The van der Waals surface area contributed by atoms with E-state index in [1.165, 1.54) is 0 Å². The molecule has 1 aromatic heterocycles. The molecule has 4 nitrogen and oxygen atoms in total. The molecule has 0 fully saturated rings. The summed E-state index contributed by atoms with van der Waals surface area (Å²) in [5, 5.41) is 0.131. The van der Waals surface area contributed by atoms with Gasteiger partial charge in [0, 0.05) is 4.88 Å². The number of amides is 1. The summed E-state index contributed by atoms with van der Waals surface area (Å²) in [6.45, 7) is 1.72. The molecule has 0 atom stereocenters. The third-order valence-electron chi connectivity index (χ3n) is 1.03. The number of nitrogens with zero attached hydrogens (tertiary/aromatic N) is 1. The van der Waals surface area contributed by atoms with E-state index in [4.69, 9.17) is 11.5 Å². The SMILES string of the molecule is Cc1sc([NH])nc1C(N)=O. The van der Waals surface area contributed by atoms with Crippen LogP contribution in [0.25, 0.3) is 0 Å². The van der Waals surface area contributed by atoms with E-state index in [1.54, 1.807) is 6.92 Å². The predicted molar refractivity (Wildman–Crippen MR) is 38.1 cm³/mol. The van der Waals surface area contributed by atoms with Gasteiger partial charge >= 0.3 is 0 Å². The summed E-state index contributed by atoms with van der Waals surface area (Å²) in [5.74, 6) is -0.563. The van der Waals surface area contributed by atoms with E-state index in [9.17, 15) is 4.79 Å². The van der Waals surface area contributed by atoms with Crippen LogP contribution in [0.5, 0.6) is 0 Å². The van der Waals surface area contributed by atoms with Gasteiger partial charge in [-0.3, -0.25) is 10.5 Å². The van der Waals surface area contributed by atoms with E-state index in [-0.39, 0.29) is 10.8 Å². The van der Waals surface area contributed by atoms with Gasteiger partial charge in [0.05, 0.1) is 0 Å². The molecule has 5 heteroatoms. The average Bonchev–Trinajstić information content (AvgIpc) is 2.10. The molecular formula is C5H6N3OS. The first-order valence-electron chi connectivity index (χ1n) is 2.60. The Morgan fingerprint density at radius 2 is 2.40 bits per heavy atom. The van der Waals surface area contributed by atoms with E-state index in [2.05, 4.69) is 4.98 Å². The van der Waals surface area contributed by atoms with Crippen molar-refractivity contribution in [1.82, 2.24) is 10.7 Å². The van der Waals surface area contributed by atoms with Gasteiger partial charge in [-0.05, 0) is 6.92 Å². The zero-order chi connectivity index (χ0) is 7.72. The molecule has 1 rings (SSSR count). The van der Waals surface area contributed by atoms with E-state index in [0.29, 0.717) is 4.88 Å². The van der Waals surface area contributed by atoms with E-state index in [1.807, 2.05) is 0 Å². The van der Waals surface area contributed by atoms with Crippen molar-refractivity contribution in [2.45, 2.75) is 6.92 Å². The molecule has 0 unspecified atom stereocenters. The molecule has 1 aromatic rings. The Labute approximate surface area is 61.9 Å². The minimum Gasteiger partial charge on any atom is -0.364 e. The summed E-state index contributed by atoms with van der Waals surface area (Å²) in [4.78, 5) is 14.8. The molecule has 0 saturated carbocycles. The number of aryl methyl sites for hydroxylation is 1. The molecule has 0 spiro atoms. The van der Waals surface area contributed by atoms with E-state index in [0.717, 1.165) is 11.3 Å². The largest absolute Gasteiger partial charge is 0.364 e. The Morgan fingerprint density at radius 1 is 1.80 bits per heavy atom. The van der Waals surface area contributed by atoms with Crippen molar-refractivity contribution < 1.29 is 4.79 Å². The molecule has 1 heterocycles. The number of nitrogens with one attached hydrogen (secondary N) is 1. The normalized spacial score (nSPS) is 9.70. The van der Waals surface area contributed by atoms with Crippen molar-refractivity contribution in [2.75, 3.05) is 0 Å². The van der Waals surface area contributed by atoms with Gasteiger partial charge in [0.1, 0.15) is 5.69 Å². The molecule has 0 bridgehead atoms. The molecule has 1 amide bonds. The average molecular weight is 156 g/mol. The third kappa shape index (κ3) is 1.08. The number of rotatable bonds is 1. The van der Waals surface area contributed by atoms with Crippen LogP contribution in [0.3, 0.4) is 0 Å². The standard InChI is InChI=1S/C5H6N3OS/c1-2-3(4(6)9)8-5(7)10-2/h7H,1H3,(H2,6,9). The fourth-order valence-corrected chi connectivity index (χ4v) is 1.29. The number of primary amides is 1. The topological polar surface area (TPSA) is 79.8 Å². The molecule has 53 valence electrons. The van der Waals surface area contributed by atoms with Crippen LogP contribution in [-0.4, -0.2) is 10.9 Å². The second-order valence-electron chi connectivity index (χ2n) is 1.79. The highest BCUT2D eigenvalue weighted by atomic mass is 32.1. The molecule has 0 aliphatic rings. The quantitative estimate of drug-likeness (QED) is 0.641. The zero-order valence-corrected chi connectivity index (χ0v) is 6.16. The van der Waals surface area contributed by atoms with Gasteiger partial charge in [-0.15, -0.1) is 0 Å². The number of hydrogen-bond acceptors (Lipinski definition) is 3. The Bertz CT molecular complexity index is 268. The van der Waals surface area contributed by atoms with Crippen LogP contribution in [0.1, 0.15) is 15.4 Å². The molecule has 0 saturated heterocycles. The van der Waals surface area contributed by atoms with Crippen LogP contribution in [-0.2, 0) is 0 Å². The number of nitrogens with two attached hydrogens (primary N) is 1. The second kappa shape index (κ2) is 2.26. The van der Waals surface area contributed by atoms with Gasteiger partial charge in [-0.1, -0.05) is 11.3 Å². The van der Waals surface area contributed by atoms with Gasteiger partial charge in [0.15, 0.2) is 0 Å². The first-order chi connectivity index (χ1) is 4.61. The summed E-state index contributed by atoms with van der Waals surface area (Å²) < 4.78 is 0. The summed E-state index contributed by atoms with van der Waals surface area (Å²) >= 11 is 1.15.